The smallest absolute Gasteiger partial charge is 0.253 e. The van der Waals surface area contributed by atoms with Gasteiger partial charge in [-0.2, -0.15) is 0 Å². The second-order valence-corrected chi connectivity index (χ2v) is 9.11. The minimum atomic E-state index is -0.426. The van der Waals surface area contributed by atoms with E-state index in [-0.39, 0.29) is 22.6 Å². The molecule has 2 aromatic carbocycles. The fourth-order valence-corrected chi connectivity index (χ4v) is 4.37. The average Bonchev–Trinajstić information content (AvgIpc) is 3.09. The maximum absolute atomic E-state index is 12.6. The largest absolute Gasteiger partial charge is 0.342 e. The van der Waals surface area contributed by atoms with Crippen LogP contribution < -0.4 is 10.6 Å². The quantitative estimate of drug-likeness (QED) is 0.455. The number of amides is 2. The number of hydrogen-bond acceptors (Lipinski definition) is 5. The van der Waals surface area contributed by atoms with E-state index in [0.717, 1.165) is 16.8 Å². The Morgan fingerprint density at radius 1 is 1.12 bits per heavy atom. The molecule has 1 unspecified atom stereocenters. The summed E-state index contributed by atoms with van der Waals surface area (Å²) in [6.45, 7) is 5.71. The number of carbonyl (C=O) groups excluding carboxylic acids is 2. The highest BCUT2D eigenvalue weighted by Gasteiger charge is 2.20. The zero-order valence-corrected chi connectivity index (χ0v) is 20.4. The Kier molecular flexibility index (Phi) is 7.82. The maximum Gasteiger partial charge on any atom is 0.253 e. The summed E-state index contributed by atoms with van der Waals surface area (Å²) in [6, 6.07) is 10.1. The number of benzene rings is 2. The number of aryl methyl sites for hydroxylation is 2. The summed E-state index contributed by atoms with van der Waals surface area (Å²) in [4.78, 5) is 25.0. The highest BCUT2D eigenvalue weighted by molar-refractivity contribution is 7.99. The number of halogens is 2. The summed E-state index contributed by atoms with van der Waals surface area (Å²) in [5.74, 6) is 0.266. The van der Waals surface area contributed by atoms with Gasteiger partial charge in [0.15, 0.2) is 11.0 Å². The molecule has 0 saturated heterocycles. The van der Waals surface area contributed by atoms with Crippen LogP contribution >= 0.6 is 35.0 Å². The van der Waals surface area contributed by atoms with Crippen molar-refractivity contribution in [2.24, 2.45) is 7.05 Å². The molecule has 1 aromatic heterocycles. The minimum Gasteiger partial charge on any atom is -0.342 e. The molecule has 2 amide bonds. The number of carbonyl (C=O) groups is 2. The Morgan fingerprint density at radius 3 is 2.47 bits per heavy atom. The zero-order valence-electron chi connectivity index (χ0n) is 18.1. The van der Waals surface area contributed by atoms with E-state index in [1.165, 1.54) is 17.8 Å². The Bertz CT molecular complexity index is 1140. The van der Waals surface area contributed by atoms with Crippen molar-refractivity contribution >= 4 is 52.5 Å². The van der Waals surface area contributed by atoms with E-state index in [1.54, 1.807) is 30.7 Å². The zero-order chi connectivity index (χ0) is 23.4. The molecule has 1 atom stereocenters. The van der Waals surface area contributed by atoms with Crippen LogP contribution in [0.15, 0.2) is 41.6 Å². The average molecular weight is 492 g/mol. The van der Waals surface area contributed by atoms with Crippen LogP contribution in [0.25, 0.3) is 0 Å². The highest BCUT2D eigenvalue weighted by Crippen LogP contribution is 2.24. The van der Waals surface area contributed by atoms with Gasteiger partial charge in [0.2, 0.25) is 5.91 Å². The lowest BCUT2D eigenvalue weighted by molar-refractivity contribution is -0.113. The number of nitrogens with zero attached hydrogens (tertiary/aromatic N) is 3. The van der Waals surface area contributed by atoms with Crippen LogP contribution in [0.4, 0.5) is 5.69 Å². The Hall–Kier alpha value is -2.55. The van der Waals surface area contributed by atoms with E-state index < -0.39 is 6.04 Å². The number of thioether (sulfide) groups is 1. The molecule has 7 nitrogen and oxygen atoms in total. The predicted octanol–water partition coefficient (Wildman–Crippen LogP) is 4.96. The lowest BCUT2D eigenvalue weighted by atomic mass is 10.1. The lowest BCUT2D eigenvalue weighted by Crippen LogP contribution is -2.28. The van der Waals surface area contributed by atoms with E-state index in [1.807, 2.05) is 32.0 Å². The molecule has 0 aliphatic carbocycles. The fraction of sp³-hybridized carbons (Fsp3) is 0.273. The lowest BCUT2D eigenvalue weighted by Gasteiger charge is -2.14. The summed E-state index contributed by atoms with van der Waals surface area (Å²) in [7, 11) is 1.79. The van der Waals surface area contributed by atoms with Gasteiger partial charge in [-0.25, -0.2) is 0 Å². The van der Waals surface area contributed by atoms with Crippen molar-refractivity contribution in [3.8, 4) is 0 Å². The first-order valence-corrected chi connectivity index (χ1v) is 11.6. The van der Waals surface area contributed by atoms with Gasteiger partial charge in [-0.1, -0.05) is 53.2 Å². The van der Waals surface area contributed by atoms with Gasteiger partial charge >= 0.3 is 0 Å². The molecule has 3 rings (SSSR count). The molecule has 0 fully saturated rings. The fourth-order valence-electron chi connectivity index (χ4n) is 3.16. The van der Waals surface area contributed by atoms with Crippen LogP contribution in [0.2, 0.25) is 10.0 Å². The van der Waals surface area contributed by atoms with Gasteiger partial charge in [0, 0.05) is 17.8 Å². The Labute approximate surface area is 200 Å². The van der Waals surface area contributed by atoms with Crippen molar-refractivity contribution in [3.05, 3.63) is 69.0 Å². The first-order chi connectivity index (χ1) is 15.2. The van der Waals surface area contributed by atoms with Crippen molar-refractivity contribution in [2.75, 3.05) is 11.1 Å². The first-order valence-electron chi connectivity index (χ1n) is 9.81. The summed E-state index contributed by atoms with van der Waals surface area (Å²) in [5, 5.41) is 15.5. The molecule has 0 saturated carbocycles. The van der Waals surface area contributed by atoms with E-state index in [9.17, 15) is 9.59 Å². The highest BCUT2D eigenvalue weighted by atomic mass is 35.5. The number of aromatic nitrogens is 3. The van der Waals surface area contributed by atoms with Gasteiger partial charge in [-0.15, -0.1) is 10.2 Å². The van der Waals surface area contributed by atoms with Gasteiger partial charge in [0.05, 0.1) is 22.4 Å². The molecule has 3 aromatic rings. The molecule has 32 heavy (non-hydrogen) atoms. The minimum absolute atomic E-state index is 0.129. The van der Waals surface area contributed by atoms with E-state index in [2.05, 4.69) is 20.8 Å². The number of rotatable bonds is 7. The van der Waals surface area contributed by atoms with Crippen LogP contribution in [0, 0.1) is 13.8 Å². The molecule has 10 heteroatoms. The molecule has 2 N–H and O–H groups in total. The number of nitrogens with one attached hydrogen (secondary N) is 2. The standard InChI is InChI=1S/C22H23Cl2N5O2S/c1-12-6-5-7-13(2)19(12)26-18(30)11-32-22-28-27-20(29(22)4)14(3)25-21(31)16-9-8-15(23)10-17(16)24/h5-10,14H,11H2,1-4H3,(H,25,31)(H,26,30). The van der Waals surface area contributed by atoms with Gasteiger partial charge in [-0.05, 0) is 50.1 Å². The number of para-hydroxylation sites is 1. The molecule has 0 radical (unpaired) electrons. The maximum atomic E-state index is 12.6. The molecular formula is C22H23Cl2N5O2S. The molecule has 0 bridgehead atoms. The van der Waals surface area contributed by atoms with Gasteiger partial charge in [0.1, 0.15) is 0 Å². The normalized spacial score (nSPS) is 11.8. The number of anilines is 1. The second-order valence-electron chi connectivity index (χ2n) is 7.32. The third-order valence-corrected chi connectivity index (χ3v) is 6.43. The van der Waals surface area contributed by atoms with Crippen LogP contribution in [-0.2, 0) is 11.8 Å². The topological polar surface area (TPSA) is 88.9 Å². The molecular weight excluding hydrogens is 469 g/mol. The van der Waals surface area contributed by atoms with Crippen molar-refractivity contribution in [3.63, 3.8) is 0 Å². The van der Waals surface area contributed by atoms with Crippen LogP contribution in [0.3, 0.4) is 0 Å². The summed E-state index contributed by atoms with van der Waals surface area (Å²) >= 11 is 13.3. The van der Waals surface area contributed by atoms with Gasteiger partial charge in [-0.3, -0.25) is 9.59 Å². The van der Waals surface area contributed by atoms with Crippen LogP contribution in [0.1, 0.15) is 40.3 Å². The SMILES string of the molecule is Cc1cccc(C)c1NC(=O)CSc1nnc(C(C)NC(=O)c2ccc(Cl)cc2Cl)n1C. The Balaban J connectivity index is 1.62. The van der Waals surface area contributed by atoms with Crippen molar-refractivity contribution in [1.82, 2.24) is 20.1 Å². The molecule has 168 valence electrons. The monoisotopic (exact) mass is 491 g/mol. The first kappa shape index (κ1) is 24.1. The van der Waals surface area contributed by atoms with Crippen LogP contribution in [0.5, 0.6) is 0 Å². The van der Waals surface area contributed by atoms with Crippen molar-refractivity contribution in [1.29, 1.82) is 0 Å². The van der Waals surface area contributed by atoms with Crippen molar-refractivity contribution < 1.29 is 9.59 Å². The van der Waals surface area contributed by atoms with Gasteiger partial charge in [0.25, 0.3) is 5.91 Å². The summed E-state index contributed by atoms with van der Waals surface area (Å²) < 4.78 is 1.76. The predicted molar refractivity (Wildman–Crippen MR) is 129 cm³/mol. The summed E-state index contributed by atoms with van der Waals surface area (Å²) in [5.41, 5.74) is 3.17. The molecule has 0 aliphatic heterocycles. The molecule has 0 spiro atoms. The third kappa shape index (κ3) is 5.62. The molecule has 0 aliphatic rings. The van der Waals surface area contributed by atoms with Crippen molar-refractivity contribution in [2.45, 2.75) is 32.0 Å². The van der Waals surface area contributed by atoms with E-state index in [0.29, 0.717) is 21.6 Å². The van der Waals surface area contributed by atoms with E-state index in [4.69, 9.17) is 23.2 Å². The molecule has 1 heterocycles. The number of hydrogen-bond donors (Lipinski definition) is 2. The third-order valence-electron chi connectivity index (χ3n) is 4.86. The van der Waals surface area contributed by atoms with Gasteiger partial charge < -0.3 is 15.2 Å². The van der Waals surface area contributed by atoms with E-state index >= 15 is 0 Å². The summed E-state index contributed by atoms with van der Waals surface area (Å²) in [6.07, 6.45) is 0. The van der Waals surface area contributed by atoms with Crippen LogP contribution in [-0.4, -0.2) is 32.3 Å². The Morgan fingerprint density at radius 2 is 1.81 bits per heavy atom. The second kappa shape index (κ2) is 10.4.